The molecule has 0 aliphatic rings. The average molecular weight is 388 g/mol. The molecule has 5 nitrogen and oxygen atoms in total. The summed E-state index contributed by atoms with van der Waals surface area (Å²) in [5.74, 6) is 2.05. The largest absolute Gasteiger partial charge is 0.489 e. The number of anilines is 2. The van der Waals surface area contributed by atoms with Crippen LogP contribution >= 0.6 is 0 Å². The fourth-order valence-electron chi connectivity index (χ4n) is 2.52. The summed E-state index contributed by atoms with van der Waals surface area (Å²) >= 11 is 0. The number of amides is 1. The van der Waals surface area contributed by atoms with Crippen molar-refractivity contribution in [2.75, 3.05) is 23.8 Å². The van der Waals surface area contributed by atoms with E-state index in [1.807, 2.05) is 79.7 Å². The van der Waals surface area contributed by atoms with Gasteiger partial charge in [0.1, 0.15) is 23.9 Å². The normalized spacial score (nSPS) is 10.1. The molecule has 0 saturated carbocycles. The second kappa shape index (κ2) is 9.99. The summed E-state index contributed by atoms with van der Waals surface area (Å²) in [6.45, 7) is 6.31. The number of benzene rings is 3. The molecular weight excluding hydrogens is 364 g/mol. The van der Waals surface area contributed by atoms with Crippen LogP contribution in [0.3, 0.4) is 0 Å². The molecule has 0 fully saturated rings. The van der Waals surface area contributed by atoms with Gasteiger partial charge in [-0.05, 0) is 61.0 Å². The molecule has 3 rings (SSSR count). The number of hydrogen-bond donors (Lipinski definition) is 2. The lowest BCUT2D eigenvalue weighted by Crippen LogP contribution is -2.21. The van der Waals surface area contributed by atoms with Crippen LogP contribution in [0, 0.1) is 0 Å². The van der Waals surface area contributed by atoms with Crippen LogP contribution in [0.5, 0.6) is 17.2 Å². The summed E-state index contributed by atoms with van der Waals surface area (Å²) in [7, 11) is 0. The van der Waals surface area contributed by atoms with Crippen LogP contribution in [0.4, 0.5) is 11.4 Å². The molecule has 5 heteroatoms. The summed E-state index contributed by atoms with van der Waals surface area (Å²) < 4.78 is 11.4. The van der Waals surface area contributed by atoms with Crippen LogP contribution in [0.25, 0.3) is 0 Å². The molecule has 0 unspecified atom stereocenters. The smallest absolute Gasteiger partial charge is 0.243 e. The molecule has 0 aliphatic carbocycles. The van der Waals surface area contributed by atoms with Crippen LogP contribution in [0.15, 0.2) is 91.0 Å². The molecule has 0 radical (unpaired) electrons. The monoisotopic (exact) mass is 388 g/mol. The van der Waals surface area contributed by atoms with E-state index in [0.29, 0.717) is 18.0 Å². The molecule has 0 spiro atoms. The number of ether oxygens (including phenoxy) is 2. The Bertz CT molecular complexity index is 953. The molecule has 29 heavy (non-hydrogen) atoms. The topological polar surface area (TPSA) is 59.6 Å². The van der Waals surface area contributed by atoms with Gasteiger partial charge in [0.25, 0.3) is 0 Å². The number of hydrogen-bond acceptors (Lipinski definition) is 4. The standard InChI is InChI=1S/C24H24N2O3/c1-18(2)17-28-23-10-6-7-20(15-23)26-24(27)16-25-19-11-13-22(14-12-19)29-21-8-4-3-5-9-21/h3-15,25H,1,16-17H2,2H3,(H,26,27). The first-order valence-corrected chi connectivity index (χ1v) is 9.32. The van der Waals surface area contributed by atoms with Gasteiger partial charge >= 0.3 is 0 Å². The lowest BCUT2D eigenvalue weighted by molar-refractivity contribution is -0.114. The van der Waals surface area contributed by atoms with Crippen molar-refractivity contribution in [2.45, 2.75) is 6.92 Å². The highest BCUT2D eigenvalue weighted by molar-refractivity contribution is 5.93. The van der Waals surface area contributed by atoms with E-state index in [0.717, 1.165) is 22.8 Å². The Kier molecular flexibility index (Phi) is 6.90. The van der Waals surface area contributed by atoms with Crippen molar-refractivity contribution in [2.24, 2.45) is 0 Å². The maximum Gasteiger partial charge on any atom is 0.243 e. The van der Waals surface area contributed by atoms with Crippen LogP contribution in [-0.4, -0.2) is 19.1 Å². The number of nitrogens with one attached hydrogen (secondary N) is 2. The highest BCUT2D eigenvalue weighted by Crippen LogP contribution is 2.22. The summed E-state index contributed by atoms with van der Waals surface area (Å²) in [6.07, 6.45) is 0. The molecule has 3 aromatic rings. The minimum absolute atomic E-state index is 0.147. The fraction of sp³-hybridized carbons (Fsp3) is 0.125. The molecule has 0 aliphatic heterocycles. The van der Waals surface area contributed by atoms with Crippen molar-refractivity contribution in [1.29, 1.82) is 0 Å². The highest BCUT2D eigenvalue weighted by Gasteiger charge is 2.04. The van der Waals surface area contributed by atoms with Gasteiger partial charge in [0, 0.05) is 17.4 Å². The summed E-state index contributed by atoms with van der Waals surface area (Å²) in [5, 5.41) is 5.96. The Hall–Kier alpha value is -3.73. The van der Waals surface area contributed by atoms with E-state index in [1.54, 1.807) is 6.07 Å². The molecule has 2 N–H and O–H groups in total. The SMILES string of the molecule is C=C(C)COc1cccc(NC(=O)CNc2ccc(Oc3ccccc3)cc2)c1. The van der Waals surface area contributed by atoms with Crippen LogP contribution in [0.1, 0.15) is 6.92 Å². The van der Waals surface area contributed by atoms with Gasteiger partial charge in [-0.25, -0.2) is 0 Å². The van der Waals surface area contributed by atoms with Gasteiger partial charge in [-0.3, -0.25) is 4.79 Å². The van der Waals surface area contributed by atoms with Crippen molar-refractivity contribution in [3.8, 4) is 17.2 Å². The van der Waals surface area contributed by atoms with Crippen LogP contribution < -0.4 is 20.1 Å². The van der Waals surface area contributed by atoms with Crippen LogP contribution in [0.2, 0.25) is 0 Å². The zero-order chi connectivity index (χ0) is 20.5. The van der Waals surface area contributed by atoms with Gasteiger partial charge in [-0.1, -0.05) is 30.8 Å². The molecule has 0 heterocycles. The number of para-hydroxylation sites is 1. The molecule has 148 valence electrons. The zero-order valence-electron chi connectivity index (χ0n) is 16.4. The van der Waals surface area contributed by atoms with Crippen molar-refractivity contribution >= 4 is 17.3 Å². The second-order valence-electron chi connectivity index (χ2n) is 6.61. The van der Waals surface area contributed by atoms with E-state index in [9.17, 15) is 4.79 Å². The van der Waals surface area contributed by atoms with Gasteiger partial charge in [0.2, 0.25) is 5.91 Å². The number of rotatable bonds is 9. The first kappa shape index (κ1) is 20.0. The predicted molar refractivity (Wildman–Crippen MR) is 117 cm³/mol. The number of carbonyl (C=O) groups is 1. The summed E-state index contributed by atoms with van der Waals surface area (Å²) in [6, 6.07) is 24.3. The Morgan fingerprint density at radius 1 is 0.862 bits per heavy atom. The molecule has 1 amide bonds. The average Bonchev–Trinajstić information content (AvgIpc) is 2.73. The molecule has 0 atom stereocenters. The maximum atomic E-state index is 12.2. The van der Waals surface area contributed by atoms with Gasteiger partial charge in [-0.2, -0.15) is 0 Å². The van der Waals surface area contributed by atoms with Crippen molar-refractivity contribution in [3.05, 3.63) is 91.0 Å². The van der Waals surface area contributed by atoms with E-state index < -0.39 is 0 Å². The van der Waals surface area contributed by atoms with Crippen LogP contribution in [-0.2, 0) is 4.79 Å². The minimum Gasteiger partial charge on any atom is -0.489 e. The highest BCUT2D eigenvalue weighted by atomic mass is 16.5. The Morgan fingerprint density at radius 2 is 1.55 bits per heavy atom. The van der Waals surface area contributed by atoms with E-state index in [-0.39, 0.29) is 12.5 Å². The zero-order valence-corrected chi connectivity index (χ0v) is 16.4. The van der Waals surface area contributed by atoms with Gasteiger partial charge < -0.3 is 20.1 Å². The Morgan fingerprint density at radius 3 is 2.28 bits per heavy atom. The first-order valence-electron chi connectivity index (χ1n) is 9.32. The van der Waals surface area contributed by atoms with Gasteiger partial charge in [0.05, 0.1) is 6.54 Å². The molecular formula is C24H24N2O3. The molecule has 3 aromatic carbocycles. The van der Waals surface area contributed by atoms with Gasteiger partial charge in [0.15, 0.2) is 0 Å². The van der Waals surface area contributed by atoms with E-state index in [1.165, 1.54) is 0 Å². The third-order valence-corrected chi connectivity index (χ3v) is 3.89. The predicted octanol–water partition coefficient (Wildman–Crippen LogP) is 5.48. The lowest BCUT2D eigenvalue weighted by atomic mass is 10.3. The maximum absolute atomic E-state index is 12.2. The summed E-state index contributed by atoms with van der Waals surface area (Å²) in [4.78, 5) is 12.2. The third-order valence-electron chi connectivity index (χ3n) is 3.89. The first-order chi connectivity index (χ1) is 14.1. The lowest BCUT2D eigenvalue weighted by Gasteiger charge is -2.11. The van der Waals surface area contributed by atoms with Crippen molar-refractivity contribution in [1.82, 2.24) is 0 Å². The van der Waals surface area contributed by atoms with E-state index >= 15 is 0 Å². The molecule has 0 saturated heterocycles. The van der Waals surface area contributed by atoms with E-state index in [4.69, 9.17) is 9.47 Å². The molecule has 0 bridgehead atoms. The minimum atomic E-state index is -0.147. The Balaban J connectivity index is 1.48. The second-order valence-corrected chi connectivity index (χ2v) is 6.61. The fourth-order valence-corrected chi connectivity index (χ4v) is 2.52. The van der Waals surface area contributed by atoms with E-state index in [2.05, 4.69) is 17.2 Å². The molecule has 0 aromatic heterocycles. The Labute approximate surface area is 171 Å². The quantitative estimate of drug-likeness (QED) is 0.476. The van der Waals surface area contributed by atoms with Crippen molar-refractivity contribution in [3.63, 3.8) is 0 Å². The van der Waals surface area contributed by atoms with Gasteiger partial charge in [-0.15, -0.1) is 0 Å². The third kappa shape index (κ3) is 6.74. The summed E-state index contributed by atoms with van der Waals surface area (Å²) in [5.41, 5.74) is 2.45. The van der Waals surface area contributed by atoms with Crippen molar-refractivity contribution < 1.29 is 14.3 Å². The number of carbonyl (C=O) groups excluding carboxylic acids is 1.